The number of benzene rings is 3. The van der Waals surface area contributed by atoms with Crippen molar-refractivity contribution in [2.45, 2.75) is 10.7 Å². The molecule has 0 saturated heterocycles. The summed E-state index contributed by atoms with van der Waals surface area (Å²) in [4.78, 5) is 24.8. The minimum atomic E-state index is -2.48. The lowest BCUT2D eigenvalue weighted by Gasteiger charge is -2.19. The molecule has 0 saturated carbocycles. The van der Waals surface area contributed by atoms with Gasteiger partial charge in [0.15, 0.2) is 6.61 Å². The molecule has 0 fully saturated rings. The van der Waals surface area contributed by atoms with Crippen molar-refractivity contribution in [3.63, 3.8) is 0 Å². The summed E-state index contributed by atoms with van der Waals surface area (Å²) in [5.41, 5.74) is 2.60. The third-order valence-corrected chi connectivity index (χ3v) is 5.12. The third kappa shape index (κ3) is 5.13. The summed E-state index contributed by atoms with van der Waals surface area (Å²) in [6.45, 7) is -0.0421. The van der Waals surface area contributed by atoms with E-state index in [0.717, 1.165) is 0 Å². The molecule has 31 heavy (non-hydrogen) atoms. The van der Waals surface area contributed by atoms with Crippen molar-refractivity contribution in [3.8, 4) is 5.75 Å². The van der Waals surface area contributed by atoms with Gasteiger partial charge in [0.1, 0.15) is 5.75 Å². The molecular formula is C22H17F2N3O3S. The first-order chi connectivity index (χ1) is 15.0. The molecule has 1 aliphatic rings. The number of carbonyl (C=O) groups is 2. The number of anilines is 4. The predicted octanol–water partition coefficient (Wildman–Crippen LogP) is 5.33. The fourth-order valence-corrected chi connectivity index (χ4v) is 3.52. The molecule has 0 aromatic heterocycles. The first-order valence-electron chi connectivity index (χ1n) is 9.27. The summed E-state index contributed by atoms with van der Waals surface area (Å²) in [5.74, 6) is -2.56. The molecule has 0 spiro atoms. The number of carbonyl (C=O) groups excluding carboxylic acids is 2. The molecule has 4 rings (SSSR count). The molecule has 1 aliphatic heterocycles. The minimum Gasteiger partial charge on any atom is -0.482 e. The Labute approximate surface area is 181 Å². The smallest absolute Gasteiger partial charge is 0.288 e. The summed E-state index contributed by atoms with van der Waals surface area (Å²) >= 11 is 0.472. The normalized spacial score (nSPS) is 12.5. The number of thioether (sulfide) groups is 1. The standard InChI is InChI=1S/C22H17F2N3O3S/c23-22(24)31-15-8-5-13(6-9-15)25-17-4-2-1-3-16(17)21(29)26-14-7-10-19-18(11-14)27-20(28)12-30-19/h1-11,22,25H,12H2,(H,26,29)(H,27,28). The van der Waals surface area contributed by atoms with Crippen LogP contribution in [0, 0.1) is 0 Å². The van der Waals surface area contributed by atoms with Crippen LogP contribution in [0.1, 0.15) is 10.4 Å². The average molecular weight is 441 g/mol. The van der Waals surface area contributed by atoms with E-state index in [1.54, 1.807) is 66.7 Å². The van der Waals surface area contributed by atoms with E-state index in [1.807, 2.05) is 0 Å². The van der Waals surface area contributed by atoms with Gasteiger partial charge < -0.3 is 20.7 Å². The van der Waals surface area contributed by atoms with Crippen molar-refractivity contribution in [2.24, 2.45) is 0 Å². The number of para-hydroxylation sites is 1. The van der Waals surface area contributed by atoms with Gasteiger partial charge in [-0.2, -0.15) is 8.78 Å². The Morgan fingerprint density at radius 1 is 1.03 bits per heavy atom. The van der Waals surface area contributed by atoms with Crippen molar-refractivity contribution in [3.05, 3.63) is 72.3 Å². The van der Waals surface area contributed by atoms with E-state index >= 15 is 0 Å². The van der Waals surface area contributed by atoms with Crippen LogP contribution in [-0.2, 0) is 4.79 Å². The molecule has 0 bridgehead atoms. The largest absolute Gasteiger partial charge is 0.482 e. The van der Waals surface area contributed by atoms with Crippen molar-refractivity contribution < 1.29 is 23.1 Å². The molecule has 0 unspecified atom stereocenters. The Morgan fingerprint density at radius 2 is 1.77 bits per heavy atom. The lowest BCUT2D eigenvalue weighted by molar-refractivity contribution is -0.118. The van der Waals surface area contributed by atoms with Gasteiger partial charge in [0, 0.05) is 16.3 Å². The highest BCUT2D eigenvalue weighted by molar-refractivity contribution is 7.99. The van der Waals surface area contributed by atoms with Crippen LogP contribution in [0.15, 0.2) is 71.6 Å². The van der Waals surface area contributed by atoms with Gasteiger partial charge in [-0.3, -0.25) is 9.59 Å². The first kappa shape index (κ1) is 20.7. The molecule has 158 valence electrons. The Hall–Kier alpha value is -3.59. The van der Waals surface area contributed by atoms with Gasteiger partial charge in [-0.05, 0) is 54.6 Å². The Kier molecular flexibility index (Phi) is 6.03. The monoisotopic (exact) mass is 441 g/mol. The number of rotatable bonds is 6. The van der Waals surface area contributed by atoms with E-state index in [1.165, 1.54) is 0 Å². The summed E-state index contributed by atoms with van der Waals surface area (Å²) in [5, 5.41) is 8.65. The number of hydrogen-bond donors (Lipinski definition) is 3. The maximum atomic E-state index is 12.9. The number of hydrogen-bond acceptors (Lipinski definition) is 5. The highest BCUT2D eigenvalue weighted by Crippen LogP contribution is 2.31. The number of ether oxygens (including phenoxy) is 1. The number of nitrogens with one attached hydrogen (secondary N) is 3. The molecule has 9 heteroatoms. The second-order valence-electron chi connectivity index (χ2n) is 6.58. The number of fused-ring (bicyclic) bond motifs is 1. The summed E-state index contributed by atoms with van der Waals surface area (Å²) in [6, 6.07) is 18.4. The molecule has 2 amide bonds. The number of halogens is 2. The SMILES string of the molecule is O=C1COc2ccc(NC(=O)c3ccccc3Nc3ccc(SC(F)F)cc3)cc2N1. The molecule has 3 aromatic carbocycles. The van der Waals surface area contributed by atoms with Crippen LogP contribution in [0.2, 0.25) is 0 Å². The number of alkyl halides is 2. The van der Waals surface area contributed by atoms with Gasteiger partial charge >= 0.3 is 0 Å². The van der Waals surface area contributed by atoms with Crippen LogP contribution in [0.5, 0.6) is 5.75 Å². The van der Waals surface area contributed by atoms with E-state index in [-0.39, 0.29) is 18.4 Å². The second kappa shape index (κ2) is 9.05. The summed E-state index contributed by atoms with van der Waals surface area (Å²) in [7, 11) is 0. The second-order valence-corrected chi connectivity index (χ2v) is 7.64. The summed E-state index contributed by atoms with van der Waals surface area (Å²) < 4.78 is 30.3. The van der Waals surface area contributed by atoms with Crippen molar-refractivity contribution in [2.75, 3.05) is 22.6 Å². The van der Waals surface area contributed by atoms with E-state index < -0.39 is 5.76 Å². The van der Waals surface area contributed by atoms with E-state index in [4.69, 9.17) is 4.74 Å². The molecular weight excluding hydrogens is 424 g/mol. The third-order valence-electron chi connectivity index (χ3n) is 4.40. The zero-order chi connectivity index (χ0) is 21.8. The highest BCUT2D eigenvalue weighted by atomic mass is 32.2. The first-order valence-corrected chi connectivity index (χ1v) is 10.1. The molecule has 0 aliphatic carbocycles. The Morgan fingerprint density at radius 3 is 2.55 bits per heavy atom. The zero-order valence-corrected chi connectivity index (χ0v) is 16.8. The maximum absolute atomic E-state index is 12.9. The van der Waals surface area contributed by atoms with Crippen LogP contribution in [-0.4, -0.2) is 24.2 Å². The van der Waals surface area contributed by atoms with Crippen LogP contribution in [0.3, 0.4) is 0 Å². The minimum absolute atomic E-state index is 0.0421. The predicted molar refractivity (Wildman–Crippen MR) is 117 cm³/mol. The van der Waals surface area contributed by atoms with Crippen molar-refractivity contribution in [1.82, 2.24) is 0 Å². The van der Waals surface area contributed by atoms with Gasteiger partial charge in [0.25, 0.3) is 17.6 Å². The van der Waals surface area contributed by atoms with Crippen LogP contribution >= 0.6 is 11.8 Å². The Balaban J connectivity index is 1.50. The molecule has 0 radical (unpaired) electrons. The van der Waals surface area contributed by atoms with Crippen LogP contribution in [0.25, 0.3) is 0 Å². The average Bonchev–Trinajstić information content (AvgIpc) is 2.75. The van der Waals surface area contributed by atoms with E-state index in [9.17, 15) is 18.4 Å². The molecule has 3 N–H and O–H groups in total. The molecule has 3 aromatic rings. The highest BCUT2D eigenvalue weighted by Gasteiger charge is 2.17. The lowest BCUT2D eigenvalue weighted by atomic mass is 10.1. The van der Waals surface area contributed by atoms with Gasteiger partial charge in [-0.1, -0.05) is 23.9 Å². The Bertz CT molecular complexity index is 1120. The lowest BCUT2D eigenvalue weighted by Crippen LogP contribution is -2.25. The van der Waals surface area contributed by atoms with Gasteiger partial charge in [-0.15, -0.1) is 0 Å². The topological polar surface area (TPSA) is 79.5 Å². The zero-order valence-electron chi connectivity index (χ0n) is 16.0. The fourth-order valence-electron chi connectivity index (χ4n) is 3.02. The molecule has 0 atom stereocenters. The van der Waals surface area contributed by atoms with Gasteiger partial charge in [-0.25, -0.2) is 0 Å². The van der Waals surface area contributed by atoms with Gasteiger partial charge in [0.2, 0.25) is 0 Å². The fraction of sp³-hybridized carbons (Fsp3) is 0.0909. The molecule has 6 nitrogen and oxygen atoms in total. The van der Waals surface area contributed by atoms with Crippen LogP contribution < -0.4 is 20.7 Å². The maximum Gasteiger partial charge on any atom is 0.288 e. The van der Waals surface area contributed by atoms with Crippen molar-refractivity contribution >= 4 is 46.3 Å². The quantitative estimate of drug-likeness (QED) is 0.451. The molecule has 1 heterocycles. The van der Waals surface area contributed by atoms with E-state index in [2.05, 4.69) is 16.0 Å². The number of amides is 2. The summed E-state index contributed by atoms with van der Waals surface area (Å²) in [6.07, 6.45) is 0. The van der Waals surface area contributed by atoms with E-state index in [0.29, 0.717) is 50.7 Å². The van der Waals surface area contributed by atoms with Crippen LogP contribution in [0.4, 0.5) is 31.5 Å². The van der Waals surface area contributed by atoms with Gasteiger partial charge in [0.05, 0.1) is 16.9 Å². The van der Waals surface area contributed by atoms with Crippen molar-refractivity contribution in [1.29, 1.82) is 0 Å².